The molecule has 1 N–H and O–H groups in total. The van der Waals surface area contributed by atoms with Gasteiger partial charge >= 0.3 is 0 Å². The molecule has 1 aliphatic rings. The zero-order chi connectivity index (χ0) is 18.4. The number of aromatic nitrogens is 2. The minimum Gasteiger partial charge on any atom is -0.311 e. The first-order valence-corrected chi connectivity index (χ1v) is 9.92. The van der Waals surface area contributed by atoms with Gasteiger partial charge in [0, 0.05) is 18.9 Å². The molecular weight excluding hydrogens is 320 g/mol. The van der Waals surface area contributed by atoms with Gasteiger partial charge < -0.3 is 5.32 Å². The zero-order valence-corrected chi connectivity index (χ0v) is 16.5. The van der Waals surface area contributed by atoms with Crippen LogP contribution in [0.2, 0.25) is 0 Å². The number of fused-ring (bicyclic) bond motifs is 1. The average Bonchev–Trinajstić information content (AvgIpc) is 2.65. The molecular formula is C22H32N4. The minimum absolute atomic E-state index is 0.493. The zero-order valence-electron chi connectivity index (χ0n) is 16.5. The lowest BCUT2D eigenvalue weighted by molar-refractivity contribution is 0.212. The Bertz CT molecular complexity index is 713. The van der Waals surface area contributed by atoms with Crippen molar-refractivity contribution in [2.75, 3.05) is 20.1 Å². The summed E-state index contributed by atoms with van der Waals surface area (Å²) < 4.78 is 0. The number of nitrogens with zero attached hydrogens (tertiary/aromatic N) is 3. The van der Waals surface area contributed by atoms with Crippen LogP contribution in [0.4, 0.5) is 0 Å². The van der Waals surface area contributed by atoms with E-state index in [0.29, 0.717) is 6.04 Å². The Labute approximate surface area is 158 Å². The van der Waals surface area contributed by atoms with Crippen LogP contribution in [0.15, 0.2) is 30.6 Å². The summed E-state index contributed by atoms with van der Waals surface area (Å²) in [5.74, 6) is 0. The molecule has 2 heterocycles. The van der Waals surface area contributed by atoms with Crippen LogP contribution < -0.4 is 5.32 Å². The van der Waals surface area contributed by atoms with Crippen LogP contribution in [0.25, 0.3) is 0 Å². The summed E-state index contributed by atoms with van der Waals surface area (Å²) in [5.41, 5.74) is 6.42. The second-order valence-electron chi connectivity index (χ2n) is 7.60. The predicted octanol–water partition coefficient (Wildman–Crippen LogP) is 3.97. The Morgan fingerprint density at radius 3 is 2.96 bits per heavy atom. The van der Waals surface area contributed by atoms with E-state index in [1.54, 1.807) is 0 Å². The topological polar surface area (TPSA) is 41.1 Å². The van der Waals surface area contributed by atoms with Gasteiger partial charge in [0.1, 0.15) is 0 Å². The lowest BCUT2D eigenvalue weighted by Gasteiger charge is -2.32. The maximum atomic E-state index is 4.67. The van der Waals surface area contributed by atoms with Crippen molar-refractivity contribution in [1.82, 2.24) is 20.2 Å². The Kier molecular flexibility index (Phi) is 6.75. The first kappa shape index (κ1) is 19.0. The van der Waals surface area contributed by atoms with Crippen LogP contribution in [0, 0.1) is 13.8 Å². The van der Waals surface area contributed by atoms with Gasteiger partial charge in [-0.05, 0) is 88.8 Å². The van der Waals surface area contributed by atoms with Crippen LogP contribution >= 0.6 is 0 Å². The summed E-state index contributed by atoms with van der Waals surface area (Å²) in [4.78, 5) is 11.7. The first-order valence-electron chi connectivity index (χ1n) is 9.92. The summed E-state index contributed by atoms with van der Waals surface area (Å²) >= 11 is 0. The van der Waals surface area contributed by atoms with E-state index < -0.39 is 0 Å². The van der Waals surface area contributed by atoms with Crippen LogP contribution in [0.5, 0.6) is 0 Å². The SMILES string of the molecule is Cc1cnc(CNCCCCN(C)C2CCCc3cccnc32)c(C)c1. The second kappa shape index (κ2) is 9.24. The number of hydrogen-bond donors (Lipinski definition) is 1. The standard InChI is InChI=1S/C22H32N4/c1-17-14-18(2)20(25-15-17)16-23-11-4-5-13-26(3)21-10-6-8-19-9-7-12-24-22(19)21/h7,9,12,14-15,21,23H,4-6,8,10-11,13,16H2,1-3H3. The maximum absolute atomic E-state index is 4.67. The molecule has 0 saturated carbocycles. The van der Waals surface area contributed by atoms with Gasteiger partial charge in [-0.1, -0.05) is 12.1 Å². The molecule has 4 nitrogen and oxygen atoms in total. The molecule has 0 bridgehead atoms. The lowest BCUT2D eigenvalue weighted by atomic mass is 9.91. The molecule has 1 unspecified atom stereocenters. The van der Waals surface area contributed by atoms with Crippen LogP contribution in [0.3, 0.4) is 0 Å². The molecule has 0 radical (unpaired) electrons. The van der Waals surface area contributed by atoms with Gasteiger partial charge in [0.2, 0.25) is 0 Å². The van der Waals surface area contributed by atoms with E-state index in [-0.39, 0.29) is 0 Å². The van der Waals surface area contributed by atoms with Gasteiger partial charge in [0.25, 0.3) is 0 Å². The van der Waals surface area contributed by atoms with Crippen molar-refractivity contribution in [3.05, 3.63) is 58.7 Å². The van der Waals surface area contributed by atoms with E-state index in [9.17, 15) is 0 Å². The van der Waals surface area contributed by atoms with Crippen LogP contribution in [-0.4, -0.2) is 35.0 Å². The molecule has 2 aromatic rings. The largest absolute Gasteiger partial charge is 0.311 e. The number of unbranched alkanes of at least 4 members (excludes halogenated alkanes) is 1. The fourth-order valence-electron chi connectivity index (χ4n) is 3.92. The first-order chi connectivity index (χ1) is 12.6. The maximum Gasteiger partial charge on any atom is 0.0607 e. The van der Waals surface area contributed by atoms with Crippen LogP contribution in [0.1, 0.15) is 59.8 Å². The van der Waals surface area contributed by atoms with E-state index in [2.05, 4.69) is 59.3 Å². The molecule has 0 fully saturated rings. The highest BCUT2D eigenvalue weighted by molar-refractivity contribution is 5.25. The molecule has 0 aliphatic heterocycles. The molecule has 4 heteroatoms. The molecule has 0 saturated heterocycles. The van der Waals surface area contributed by atoms with Crippen molar-refractivity contribution in [2.45, 2.75) is 58.5 Å². The van der Waals surface area contributed by atoms with E-state index >= 15 is 0 Å². The van der Waals surface area contributed by atoms with E-state index in [1.807, 2.05) is 12.4 Å². The molecule has 0 amide bonds. The van der Waals surface area contributed by atoms with Gasteiger partial charge in [-0.3, -0.25) is 14.9 Å². The molecule has 3 rings (SSSR count). The summed E-state index contributed by atoms with van der Waals surface area (Å²) in [5, 5.41) is 3.54. The molecule has 0 spiro atoms. The van der Waals surface area contributed by atoms with Crippen molar-refractivity contribution in [3.8, 4) is 0 Å². The van der Waals surface area contributed by atoms with Gasteiger partial charge in [-0.15, -0.1) is 0 Å². The molecule has 140 valence electrons. The minimum atomic E-state index is 0.493. The summed E-state index contributed by atoms with van der Waals surface area (Å²) in [7, 11) is 2.25. The van der Waals surface area contributed by atoms with Gasteiger partial charge in [0.05, 0.1) is 17.4 Å². The van der Waals surface area contributed by atoms with Gasteiger partial charge in [0.15, 0.2) is 0 Å². The highest BCUT2D eigenvalue weighted by atomic mass is 15.1. The Balaban J connectivity index is 1.38. The quantitative estimate of drug-likeness (QED) is 0.730. The number of aryl methyl sites for hydroxylation is 3. The van der Waals surface area contributed by atoms with Crippen molar-refractivity contribution < 1.29 is 0 Å². The van der Waals surface area contributed by atoms with Crippen molar-refractivity contribution in [1.29, 1.82) is 0 Å². The number of pyridine rings is 2. The third-order valence-electron chi connectivity index (χ3n) is 5.43. The highest BCUT2D eigenvalue weighted by Crippen LogP contribution is 2.31. The molecule has 1 aliphatic carbocycles. The van der Waals surface area contributed by atoms with E-state index in [0.717, 1.165) is 25.3 Å². The Morgan fingerprint density at radius 2 is 2.12 bits per heavy atom. The van der Waals surface area contributed by atoms with E-state index in [1.165, 1.54) is 54.5 Å². The fraction of sp³-hybridized carbons (Fsp3) is 0.545. The predicted molar refractivity (Wildman–Crippen MR) is 107 cm³/mol. The second-order valence-corrected chi connectivity index (χ2v) is 7.60. The smallest absolute Gasteiger partial charge is 0.0607 e. The molecule has 2 aromatic heterocycles. The molecule has 1 atom stereocenters. The lowest BCUT2D eigenvalue weighted by Crippen LogP contribution is -2.30. The van der Waals surface area contributed by atoms with Crippen molar-refractivity contribution in [2.24, 2.45) is 0 Å². The Morgan fingerprint density at radius 1 is 1.23 bits per heavy atom. The van der Waals surface area contributed by atoms with E-state index in [4.69, 9.17) is 0 Å². The van der Waals surface area contributed by atoms with Crippen molar-refractivity contribution >= 4 is 0 Å². The highest BCUT2D eigenvalue weighted by Gasteiger charge is 2.24. The molecule has 26 heavy (non-hydrogen) atoms. The van der Waals surface area contributed by atoms with Crippen molar-refractivity contribution in [3.63, 3.8) is 0 Å². The molecule has 0 aromatic carbocycles. The Hall–Kier alpha value is -1.78. The fourth-order valence-corrected chi connectivity index (χ4v) is 3.92. The third kappa shape index (κ3) is 4.89. The summed E-state index contributed by atoms with van der Waals surface area (Å²) in [6.07, 6.45) is 9.99. The normalized spacial score (nSPS) is 16.7. The number of hydrogen-bond acceptors (Lipinski definition) is 4. The van der Waals surface area contributed by atoms with Crippen LogP contribution in [-0.2, 0) is 13.0 Å². The monoisotopic (exact) mass is 352 g/mol. The van der Waals surface area contributed by atoms with Gasteiger partial charge in [-0.2, -0.15) is 0 Å². The summed E-state index contributed by atoms with van der Waals surface area (Å²) in [6, 6.07) is 7.01. The number of rotatable bonds is 8. The number of nitrogens with one attached hydrogen (secondary N) is 1. The third-order valence-corrected chi connectivity index (χ3v) is 5.43. The van der Waals surface area contributed by atoms with Gasteiger partial charge in [-0.25, -0.2) is 0 Å². The summed E-state index contributed by atoms with van der Waals surface area (Å²) in [6.45, 7) is 7.27. The average molecular weight is 353 g/mol.